The number of hydrogen-bond acceptors (Lipinski definition) is 3. The van der Waals surface area contributed by atoms with Crippen LogP contribution in [0.5, 0.6) is 0 Å². The fourth-order valence-electron chi connectivity index (χ4n) is 2.08. The molecule has 5 nitrogen and oxygen atoms in total. The average Bonchev–Trinajstić information content (AvgIpc) is 2.53. The van der Waals surface area contributed by atoms with E-state index >= 15 is 0 Å². The van der Waals surface area contributed by atoms with Crippen LogP contribution in [0.1, 0.15) is 21.5 Å². The van der Waals surface area contributed by atoms with Gasteiger partial charge in [-0.05, 0) is 29.7 Å². The number of carbonyl (C=O) groups is 1. The van der Waals surface area contributed by atoms with Crippen LogP contribution in [0.3, 0.4) is 0 Å². The molecular formula is C17H20N2O3S. The van der Waals surface area contributed by atoms with E-state index < -0.39 is 10.0 Å². The van der Waals surface area contributed by atoms with Gasteiger partial charge in [0.2, 0.25) is 10.0 Å². The first-order valence-corrected chi connectivity index (χ1v) is 9.19. The molecular weight excluding hydrogens is 312 g/mol. The van der Waals surface area contributed by atoms with Gasteiger partial charge in [0.1, 0.15) is 0 Å². The minimum Gasteiger partial charge on any atom is -0.348 e. The maximum Gasteiger partial charge on any atom is 0.251 e. The molecule has 0 bridgehead atoms. The minimum atomic E-state index is -3.16. The van der Waals surface area contributed by atoms with Crippen molar-refractivity contribution >= 4 is 15.9 Å². The Kier molecular flexibility index (Phi) is 5.90. The third-order valence-electron chi connectivity index (χ3n) is 3.29. The highest BCUT2D eigenvalue weighted by Gasteiger charge is 2.05. The lowest BCUT2D eigenvalue weighted by Crippen LogP contribution is -2.24. The molecule has 2 aromatic rings. The van der Waals surface area contributed by atoms with Gasteiger partial charge in [-0.15, -0.1) is 0 Å². The fraction of sp³-hybridized carbons (Fsp3) is 0.235. The number of benzene rings is 2. The second kappa shape index (κ2) is 7.89. The third-order valence-corrected chi connectivity index (χ3v) is 4.02. The van der Waals surface area contributed by atoms with E-state index in [1.165, 1.54) is 0 Å². The Bertz CT molecular complexity index is 741. The highest BCUT2D eigenvalue weighted by molar-refractivity contribution is 7.88. The van der Waals surface area contributed by atoms with Gasteiger partial charge in [-0.3, -0.25) is 4.79 Å². The first-order chi connectivity index (χ1) is 10.9. The summed E-state index contributed by atoms with van der Waals surface area (Å²) in [6, 6.07) is 16.9. The third kappa shape index (κ3) is 6.22. The number of carbonyl (C=O) groups excluding carboxylic acids is 1. The van der Waals surface area contributed by atoms with Gasteiger partial charge in [0.25, 0.3) is 5.91 Å². The normalized spacial score (nSPS) is 11.2. The van der Waals surface area contributed by atoms with E-state index in [0.717, 1.165) is 17.4 Å². The number of hydrogen-bond donors (Lipinski definition) is 2. The smallest absolute Gasteiger partial charge is 0.251 e. The topological polar surface area (TPSA) is 75.3 Å². The minimum absolute atomic E-state index is 0.130. The van der Waals surface area contributed by atoms with Gasteiger partial charge in [-0.1, -0.05) is 42.5 Å². The van der Waals surface area contributed by atoms with Crippen molar-refractivity contribution < 1.29 is 13.2 Å². The van der Waals surface area contributed by atoms with E-state index in [2.05, 4.69) is 10.0 Å². The second-order valence-corrected chi connectivity index (χ2v) is 7.11. The van der Waals surface area contributed by atoms with Gasteiger partial charge < -0.3 is 5.32 Å². The standard InChI is InChI=1S/C17H20N2O3S/c1-23(21,22)19-12-11-14-7-9-16(10-8-14)17(20)18-13-15-5-3-2-4-6-15/h2-10,19H,11-13H2,1H3,(H,18,20). The summed E-state index contributed by atoms with van der Waals surface area (Å²) >= 11 is 0. The Balaban J connectivity index is 1.85. The highest BCUT2D eigenvalue weighted by atomic mass is 32.2. The maximum atomic E-state index is 12.1. The predicted octanol–water partition coefficient (Wildman–Crippen LogP) is 1.71. The molecule has 0 aromatic heterocycles. The summed E-state index contributed by atoms with van der Waals surface area (Å²) in [5.74, 6) is -0.130. The zero-order valence-electron chi connectivity index (χ0n) is 13.0. The summed E-state index contributed by atoms with van der Waals surface area (Å²) < 4.78 is 24.4. The van der Waals surface area contributed by atoms with Crippen molar-refractivity contribution in [1.29, 1.82) is 0 Å². The zero-order valence-corrected chi connectivity index (χ0v) is 13.8. The van der Waals surface area contributed by atoms with E-state index in [1.54, 1.807) is 12.1 Å². The second-order valence-electron chi connectivity index (χ2n) is 5.28. The van der Waals surface area contributed by atoms with Crippen LogP contribution in [0, 0.1) is 0 Å². The lowest BCUT2D eigenvalue weighted by atomic mass is 10.1. The molecule has 0 fully saturated rings. The van der Waals surface area contributed by atoms with Gasteiger partial charge in [0.15, 0.2) is 0 Å². The van der Waals surface area contributed by atoms with E-state index in [1.807, 2.05) is 42.5 Å². The van der Waals surface area contributed by atoms with Crippen LogP contribution >= 0.6 is 0 Å². The van der Waals surface area contributed by atoms with Crippen molar-refractivity contribution in [1.82, 2.24) is 10.0 Å². The molecule has 2 aromatic carbocycles. The van der Waals surface area contributed by atoms with Crippen molar-refractivity contribution in [3.05, 3.63) is 71.3 Å². The zero-order chi connectivity index (χ0) is 16.7. The first-order valence-electron chi connectivity index (χ1n) is 7.30. The van der Waals surface area contributed by atoms with Gasteiger partial charge in [-0.25, -0.2) is 13.1 Å². The van der Waals surface area contributed by atoms with Crippen LogP contribution in [-0.4, -0.2) is 27.1 Å². The Morgan fingerprint density at radius 2 is 1.61 bits per heavy atom. The molecule has 1 amide bonds. The Morgan fingerprint density at radius 1 is 0.957 bits per heavy atom. The maximum absolute atomic E-state index is 12.1. The van der Waals surface area contributed by atoms with Crippen LogP contribution < -0.4 is 10.0 Å². The predicted molar refractivity (Wildman–Crippen MR) is 90.6 cm³/mol. The molecule has 0 radical (unpaired) electrons. The summed E-state index contributed by atoms with van der Waals surface area (Å²) in [6.07, 6.45) is 1.71. The summed E-state index contributed by atoms with van der Waals surface area (Å²) in [6.45, 7) is 0.831. The molecule has 2 N–H and O–H groups in total. The van der Waals surface area contributed by atoms with Crippen molar-refractivity contribution in [3.63, 3.8) is 0 Å². The van der Waals surface area contributed by atoms with Gasteiger partial charge in [-0.2, -0.15) is 0 Å². The molecule has 0 atom stereocenters. The Hall–Kier alpha value is -2.18. The highest BCUT2D eigenvalue weighted by Crippen LogP contribution is 2.06. The molecule has 0 aliphatic carbocycles. The molecule has 2 rings (SSSR count). The first kappa shape index (κ1) is 17.2. The molecule has 0 heterocycles. The molecule has 122 valence electrons. The molecule has 6 heteroatoms. The van der Waals surface area contributed by atoms with Crippen LogP contribution in [0.2, 0.25) is 0 Å². The van der Waals surface area contributed by atoms with Gasteiger partial charge in [0.05, 0.1) is 6.26 Å². The van der Waals surface area contributed by atoms with E-state index in [-0.39, 0.29) is 5.91 Å². The Morgan fingerprint density at radius 3 is 2.22 bits per heavy atom. The Labute approximate surface area is 136 Å². The van der Waals surface area contributed by atoms with Gasteiger partial charge >= 0.3 is 0 Å². The van der Waals surface area contributed by atoms with Crippen molar-refractivity contribution in [2.45, 2.75) is 13.0 Å². The van der Waals surface area contributed by atoms with Crippen molar-refractivity contribution in [3.8, 4) is 0 Å². The molecule has 0 aliphatic rings. The van der Waals surface area contributed by atoms with E-state index in [9.17, 15) is 13.2 Å². The number of rotatable bonds is 7. The number of amides is 1. The monoisotopic (exact) mass is 332 g/mol. The quantitative estimate of drug-likeness (QED) is 0.810. The summed E-state index contributed by atoms with van der Waals surface area (Å²) in [5, 5.41) is 2.87. The fourth-order valence-corrected chi connectivity index (χ4v) is 2.56. The van der Waals surface area contributed by atoms with Crippen LogP contribution in [-0.2, 0) is 23.0 Å². The van der Waals surface area contributed by atoms with E-state index in [4.69, 9.17) is 0 Å². The van der Waals surface area contributed by atoms with Crippen LogP contribution in [0.4, 0.5) is 0 Å². The van der Waals surface area contributed by atoms with Crippen molar-refractivity contribution in [2.24, 2.45) is 0 Å². The molecule has 0 spiro atoms. The number of sulfonamides is 1. The molecule has 0 saturated heterocycles. The van der Waals surface area contributed by atoms with Crippen molar-refractivity contribution in [2.75, 3.05) is 12.8 Å². The molecule has 0 unspecified atom stereocenters. The number of nitrogens with one attached hydrogen (secondary N) is 2. The SMILES string of the molecule is CS(=O)(=O)NCCc1ccc(C(=O)NCc2ccccc2)cc1. The molecule has 0 aliphatic heterocycles. The van der Waals surface area contributed by atoms with Crippen LogP contribution in [0.25, 0.3) is 0 Å². The van der Waals surface area contributed by atoms with Gasteiger partial charge in [0, 0.05) is 18.7 Å². The summed E-state index contributed by atoms with van der Waals surface area (Å²) in [5.41, 5.74) is 2.60. The largest absolute Gasteiger partial charge is 0.348 e. The summed E-state index contributed by atoms with van der Waals surface area (Å²) in [4.78, 5) is 12.1. The van der Waals surface area contributed by atoms with Crippen LogP contribution in [0.15, 0.2) is 54.6 Å². The lowest BCUT2D eigenvalue weighted by Gasteiger charge is -2.07. The lowest BCUT2D eigenvalue weighted by molar-refractivity contribution is 0.0951. The van der Waals surface area contributed by atoms with E-state index in [0.29, 0.717) is 25.1 Å². The summed E-state index contributed by atoms with van der Waals surface area (Å²) in [7, 11) is -3.16. The average molecular weight is 332 g/mol. The molecule has 23 heavy (non-hydrogen) atoms. The molecule has 0 saturated carbocycles.